The van der Waals surface area contributed by atoms with Crippen LogP contribution < -0.4 is 19.5 Å². The number of hydrogen-bond acceptors (Lipinski definition) is 6. The number of nitrogens with zero attached hydrogens (tertiary/aromatic N) is 1. The number of rotatable bonds is 8. The summed E-state index contributed by atoms with van der Waals surface area (Å²) in [6.45, 7) is 0.1000. The van der Waals surface area contributed by atoms with Gasteiger partial charge in [-0.05, 0) is 29.8 Å². The molecule has 7 nitrogen and oxygen atoms in total. The first-order valence-corrected chi connectivity index (χ1v) is 7.92. The molecule has 0 atom stereocenters. The number of nitrogens with one attached hydrogen (secondary N) is 1. The number of carbonyl (C=O) groups is 1. The summed E-state index contributed by atoms with van der Waals surface area (Å²) in [5.74, 6) is 1.38. The Labute approximate surface area is 152 Å². The van der Waals surface area contributed by atoms with E-state index in [1.54, 1.807) is 50.6 Å². The highest BCUT2D eigenvalue weighted by Crippen LogP contribution is 2.28. The van der Waals surface area contributed by atoms with Crippen molar-refractivity contribution in [1.82, 2.24) is 5.32 Å². The van der Waals surface area contributed by atoms with Crippen molar-refractivity contribution < 1.29 is 24.1 Å². The maximum atomic E-state index is 12.0. The second-order valence-electron chi connectivity index (χ2n) is 5.33. The van der Waals surface area contributed by atoms with Crippen LogP contribution in [0.25, 0.3) is 0 Å². The van der Waals surface area contributed by atoms with Gasteiger partial charge in [0.15, 0.2) is 23.0 Å². The number of amides is 1. The molecule has 0 spiro atoms. The van der Waals surface area contributed by atoms with Crippen LogP contribution in [0.15, 0.2) is 41.4 Å². The summed E-state index contributed by atoms with van der Waals surface area (Å²) in [4.78, 5) is 16.1. The van der Waals surface area contributed by atoms with Crippen LogP contribution in [-0.2, 0) is 11.2 Å². The highest BCUT2D eigenvalue weighted by Gasteiger charge is 2.08. The number of aromatic hydroxyl groups is 1. The van der Waals surface area contributed by atoms with E-state index in [1.807, 2.05) is 0 Å². The largest absolute Gasteiger partial charge is 0.504 e. The molecule has 2 N–H and O–H groups in total. The topological polar surface area (TPSA) is 89.4 Å². The number of phenolic OH excluding ortho intramolecular Hbond substituents is 1. The molecule has 0 aliphatic heterocycles. The van der Waals surface area contributed by atoms with E-state index in [0.29, 0.717) is 22.8 Å². The van der Waals surface area contributed by atoms with Gasteiger partial charge in [-0.15, -0.1) is 0 Å². The van der Waals surface area contributed by atoms with Gasteiger partial charge in [0.2, 0.25) is 5.91 Å². The Balaban J connectivity index is 1.89. The number of benzene rings is 2. The average molecular weight is 358 g/mol. The molecule has 0 aliphatic carbocycles. The first-order valence-electron chi connectivity index (χ1n) is 7.92. The van der Waals surface area contributed by atoms with Crippen molar-refractivity contribution in [2.75, 3.05) is 28.0 Å². The minimum Gasteiger partial charge on any atom is -0.504 e. The lowest BCUT2D eigenvalue weighted by atomic mass is 10.1. The van der Waals surface area contributed by atoms with Gasteiger partial charge in [-0.1, -0.05) is 12.1 Å². The smallest absolute Gasteiger partial charge is 0.225 e. The zero-order valence-electron chi connectivity index (χ0n) is 15.0. The summed E-state index contributed by atoms with van der Waals surface area (Å²) in [6, 6.07) is 10.4. The molecule has 0 radical (unpaired) electrons. The van der Waals surface area contributed by atoms with E-state index >= 15 is 0 Å². The van der Waals surface area contributed by atoms with E-state index in [1.165, 1.54) is 13.3 Å². The summed E-state index contributed by atoms with van der Waals surface area (Å²) in [5.41, 5.74) is 1.31. The van der Waals surface area contributed by atoms with E-state index in [4.69, 9.17) is 14.2 Å². The third-order valence-corrected chi connectivity index (χ3v) is 3.66. The zero-order valence-corrected chi connectivity index (χ0v) is 15.0. The van der Waals surface area contributed by atoms with E-state index in [2.05, 4.69) is 10.3 Å². The van der Waals surface area contributed by atoms with Gasteiger partial charge in [0.1, 0.15) is 6.67 Å². The number of carbonyl (C=O) groups excluding carboxylic acids is 1. The van der Waals surface area contributed by atoms with Crippen molar-refractivity contribution in [3.63, 3.8) is 0 Å². The lowest BCUT2D eigenvalue weighted by Gasteiger charge is -2.09. The van der Waals surface area contributed by atoms with Crippen LogP contribution in [0, 0.1) is 0 Å². The number of methoxy groups -OCH3 is 3. The monoisotopic (exact) mass is 358 g/mol. The third kappa shape index (κ3) is 4.89. The molecule has 2 aromatic rings. The molecule has 7 heteroatoms. The Morgan fingerprint density at radius 1 is 1.08 bits per heavy atom. The van der Waals surface area contributed by atoms with Crippen LogP contribution in [0.1, 0.15) is 11.1 Å². The van der Waals surface area contributed by atoms with E-state index in [9.17, 15) is 9.90 Å². The quantitative estimate of drug-likeness (QED) is 0.706. The van der Waals surface area contributed by atoms with Gasteiger partial charge in [-0.25, -0.2) is 0 Å². The van der Waals surface area contributed by atoms with E-state index in [0.717, 1.165) is 5.56 Å². The maximum Gasteiger partial charge on any atom is 0.225 e. The van der Waals surface area contributed by atoms with Crippen molar-refractivity contribution >= 4 is 12.1 Å². The third-order valence-electron chi connectivity index (χ3n) is 3.66. The summed E-state index contributed by atoms with van der Waals surface area (Å²) in [6.07, 6.45) is 1.68. The fourth-order valence-electron chi connectivity index (χ4n) is 2.32. The van der Waals surface area contributed by atoms with Gasteiger partial charge in [-0.2, -0.15) is 0 Å². The first kappa shape index (κ1) is 19.1. The second kappa shape index (κ2) is 9.31. The molecular formula is C19H22N2O5. The predicted molar refractivity (Wildman–Crippen MR) is 98.5 cm³/mol. The summed E-state index contributed by atoms with van der Waals surface area (Å²) in [7, 11) is 4.58. The normalized spacial score (nSPS) is 10.6. The Hall–Kier alpha value is -3.22. The van der Waals surface area contributed by atoms with Crippen molar-refractivity contribution in [1.29, 1.82) is 0 Å². The van der Waals surface area contributed by atoms with Gasteiger partial charge >= 0.3 is 0 Å². The lowest BCUT2D eigenvalue weighted by Crippen LogP contribution is -2.25. The summed E-state index contributed by atoms with van der Waals surface area (Å²) in [5, 5.41) is 12.7. The van der Waals surface area contributed by atoms with Crippen LogP contribution >= 0.6 is 0 Å². The number of ether oxygens (including phenoxy) is 3. The molecule has 138 valence electrons. The standard InChI is InChI=1S/C19H22N2O5/c1-24-15-8-7-13(9-17(15)26-3)10-18(22)21-12-20-11-14-5-4-6-16(25-2)19(14)23/h4-9,11,23H,10,12H2,1-3H3,(H,21,22)/b20-11+. The van der Waals surface area contributed by atoms with Gasteiger partial charge < -0.3 is 24.6 Å². The van der Waals surface area contributed by atoms with E-state index < -0.39 is 0 Å². The van der Waals surface area contributed by atoms with Gasteiger partial charge in [-0.3, -0.25) is 9.79 Å². The van der Waals surface area contributed by atoms with Crippen LogP contribution in [0.4, 0.5) is 0 Å². The van der Waals surface area contributed by atoms with Crippen molar-refractivity contribution in [3.05, 3.63) is 47.5 Å². The number of aliphatic imine (C=N–C) groups is 1. The van der Waals surface area contributed by atoms with Crippen molar-refractivity contribution in [3.8, 4) is 23.0 Å². The van der Waals surface area contributed by atoms with Crippen molar-refractivity contribution in [2.24, 2.45) is 4.99 Å². The van der Waals surface area contributed by atoms with Crippen LogP contribution in [0.5, 0.6) is 23.0 Å². The molecule has 0 aromatic heterocycles. The minimum atomic E-state index is -0.177. The molecule has 0 heterocycles. The lowest BCUT2D eigenvalue weighted by molar-refractivity contribution is -0.120. The van der Waals surface area contributed by atoms with Crippen LogP contribution in [0.2, 0.25) is 0 Å². The van der Waals surface area contributed by atoms with Gasteiger partial charge in [0, 0.05) is 11.8 Å². The molecular weight excluding hydrogens is 336 g/mol. The first-order chi connectivity index (χ1) is 12.6. The van der Waals surface area contributed by atoms with Gasteiger partial charge in [0.25, 0.3) is 0 Å². The number of para-hydroxylation sites is 1. The summed E-state index contributed by atoms with van der Waals surface area (Å²) < 4.78 is 15.4. The van der Waals surface area contributed by atoms with Crippen LogP contribution in [0.3, 0.4) is 0 Å². The second-order valence-corrected chi connectivity index (χ2v) is 5.33. The number of hydrogen-bond donors (Lipinski definition) is 2. The zero-order chi connectivity index (χ0) is 18.9. The van der Waals surface area contributed by atoms with Gasteiger partial charge in [0.05, 0.1) is 27.8 Å². The molecule has 0 saturated heterocycles. The maximum absolute atomic E-state index is 12.0. The Bertz CT molecular complexity index is 789. The SMILES string of the molecule is COc1ccc(CC(=O)NC/N=C/c2cccc(OC)c2O)cc1OC. The summed E-state index contributed by atoms with van der Waals surface area (Å²) >= 11 is 0. The fourth-order valence-corrected chi connectivity index (χ4v) is 2.32. The van der Waals surface area contributed by atoms with Crippen molar-refractivity contribution in [2.45, 2.75) is 6.42 Å². The number of phenols is 1. The average Bonchev–Trinajstić information content (AvgIpc) is 2.66. The van der Waals surface area contributed by atoms with Crippen LogP contribution in [-0.4, -0.2) is 45.2 Å². The highest BCUT2D eigenvalue weighted by molar-refractivity contribution is 5.85. The molecule has 26 heavy (non-hydrogen) atoms. The molecule has 1 amide bonds. The molecule has 0 bridgehead atoms. The molecule has 2 rings (SSSR count). The molecule has 0 fully saturated rings. The Morgan fingerprint density at radius 2 is 1.81 bits per heavy atom. The molecule has 0 unspecified atom stereocenters. The molecule has 2 aromatic carbocycles. The highest BCUT2D eigenvalue weighted by atomic mass is 16.5. The predicted octanol–water partition coefficient (Wildman–Crippen LogP) is 2.15. The molecule has 0 saturated carbocycles. The Morgan fingerprint density at radius 3 is 2.50 bits per heavy atom. The Kier molecular flexibility index (Phi) is 6.84. The molecule has 0 aliphatic rings. The fraction of sp³-hybridized carbons (Fsp3) is 0.263. The minimum absolute atomic E-state index is 0.00963. The van der Waals surface area contributed by atoms with E-state index in [-0.39, 0.29) is 24.7 Å².